The lowest BCUT2D eigenvalue weighted by molar-refractivity contribution is -0.154. The summed E-state index contributed by atoms with van der Waals surface area (Å²) < 4.78 is 20.4. The third-order valence-electron chi connectivity index (χ3n) is 2.48. The van der Waals surface area contributed by atoms with Crippen LogP contribution in [0.1, 0.15) is 5.56 Å². The van der Waals surface area contributed by atoms with Gasteiger partial charge in [-0.15, -0.1) is 0 Å². The first-order valence-electron chi connectivity index (χ1n) is 5.42. The van der Waals surface area contributed by atoms with Gasteiger partial charge in [0.05, 0.1) is 13.2 Å². The van der Waals surface area contributed by atoms with Gasteiger partial charge in [-0.1, -0.05) is 6.07 Å². The highest BCUT2D eigenvalue weighted by Crippen LogP contribution is 2.32. The summed E-state index contributed by atoms with van der Waals surface area (Å²) in [6, 6.07) is 5.35. The third kappa shape index (κ3) is 2.91. The zero-order valence-corrected chi connectivity index (χ0v) is 9.92. The van der Waals surface area contributed by atoms with Crippen LogP contribution >= 0.6 is 0 Å². The molecule has 98 valence electrons. The molecule has 0 saturated carbocycles. The molecular formula is C12H14O6. The molecule has 0 fully saturated rings. The smallest absolute Gasteiger partial charge is 0.335 e. The summed E-state index contributed by atoms with van der Waals surface area (Å²) in [4.78, 5) is 10.8. The van der Waals surface area contributed by atoms with Gasteiger partial charge in [0.1, 0.15) is 0 Å². The minimum Gasteiger partial charge on any atom is -0.479 e. The number of carbonyl (C=O) groups is 1. The fourth-order valence-electron chi connectivity index (χ4n) is 1.57. The van der Waals surface area contributed by atoms with Crippen molar-refractivity contribution in [2.24, 2.45) is 0 Å². The van der Waals surface area contributed by atoms with E-state index < -0.39 is 12.1 Å². The van der Waals surface area contributed by atoms with Gasteiger partial charge >= 0.3 is 5.97 Å². The van der Waals surface area contributed by atoms with Gasteiger partial charge in [0, 0.05) is 7.11 Å². The molecule has 1 unspecified atom stereocenters. The standard InChI is InChI=1S/C12H14O6/c1-15-6-11(12(13)14)16-5-8-2-3-9-10(4-8)18-7-17-9/h2-4,11H,5-7H2,1H3,(H,13,14). The van der Waals surface area contributed by atoms with Gasteiger partial charge in [-0.25, -0.2) is 4.79 Å². The SMILES string of the molecule is COCC(OCc1ccc2c(c1)OCO2)C(=O)O. The summed E-state index contributed by atoms with van der Waals surface area (Å²) in [5, 5.41) is 8.89. The van der Waals surface area contributed by atoms with E-state index in [2.05, 4.69) is 0 Å². The number of fused-ring (bicyclic) bond motifs is 1. The maximum atomic E-state index is 10.8. The van der Waals surface area contributed by atoms with E-state index in [4.69, 9.17) is 24.1 Å². The van der Waals surface area contributed by atoms with Crippen molar-refractivity contribution in [3.63, 3.8) is 0 Å². The maximum absolute atomic E-state index is 10.8. The molecule has 18 heavy (non-hydrogen) atoms. The van der Waals surface area contributed by atoms with Crippen molar-refractivity contribution >= 4 is 5.97 Å². The predicted molar refractivity (Wildman–Crippen MR) is 60.7 cm³/mol. The summed E-state index contributed by atoms with van der Waals surface area (Å²) in [7, 11) is 1.43. The number of benzene rings is 1. The van der Waals surface area contributed by atoms with Crippen molar-refractivity contribution in [1.29, 1.82) is 0 Å². The molecule has 1 N–H and O–H groups in total. The Labute approximate surface area is 104 Å². The highest BCUT2D eigenvalue weighted by Gasteiger charge is 2.19. The molecule has 0 amide bonds. The second-order valence-electron chi connectivity index (χ2n) is 3.78. The lowest BCUT2D eigenvalue weighted by Crippen LogP contribution is -2.28. The largest absolute Gasteiger partial charge is 0.479 e. The van der Waals surface area contributed by atoms with Crippen molar-refractivity contribution in [1.82, 2.24) is 0 Å². The van der Waals surface area contributed by atoms with Crippen molar-refractivity contribution < 1.29 is 28.8 Å². The molecule has 6 heteroatoms. The lowest BCUT2D eigenvalue weighted by atomic mass is 10.2. The molecule has 1 atom stereocenters. The Morgan fingerprint density at radius 1 is 1.44 bits per heavy atom. The van der Waals surface area contributed by atoms with Crippen molar-refractivity contribution in [2.75, 3.05) is 20.5 Å². The maximum Gasteiger partial charge on any atom is 0.335 e. The Hall–Kier alpha value is -1.79. The Morgan fingerprint density at radius 3 is 2.94 bits per heavy atom. The van der Waals surface area contributed by atoms with Crippen molar-refractivity contribution in [3.8, 4) is 11.5 Å². The van der Waals surface area contributed by atoms with E-state index in [9.17, 15) is 4.79 Å². The Kier molecular flexibility index (Phi) is 4.01. The molecular weight excluding hydrogens is 240 g/mol. The minimum absolute atomic E-state index is 0.0138. The first kappa shape index (κ1) is 12.7. The van der Waals surface area contributed by atoms with Crippen LogP contribution in [0.4, 0.5) is 0 Å². The Bertz CT molecular complexity index is 431. The van der Waals surface area contributed by atoms with Gasteiger partial charge in [-0.05, 0) is 17.7 Å². The van der Waals surface area contributed by atoms with E-state index in [1.54, 1.807) is 18.2 Å². The average Bonchev–Trinajstić information content (AvgIpc) is 2.81. The molecule has 6 nitrogen and oxygen atoms in total. The second kappa shape index (κ2) is 5.70. The quantitative estimate of drug-likeness (QED) is 0.817. The fraction of sp³-hybridized carbons (Fsp3) is 0.417. The van der Waals surface area contributed by atoms with Gasteiger partial charge in [-0.2, -0.15) is 0 Å². The van der Waals surface area contributed by atoms with E-state index in [-0.39, 0.29) is 20.0 Å². The zero-order chi connectivity index (χ0) is 13.0. The van der Waals surface area contributed by atoms with Crippen LogP contribution in [0.15, 0.2) is 18.2 Å². The van der Waals surface area contributed by atoms with Gasteiger partial charge in [0.15, 0.2) is 17.6 Å². The molecule has 0 radical (unpaired) electrons. The third-order valence-corrected chi connectivity index (χ3v) is 2.48. The number of hydrogen-bond acceptors (Lipinski definition) is 5. The first-order chi connectivity index (χ1) is 8.70. The first-order valence-corrected chi connectivity index (χ1v) is 5.42. The topological polar surface area (TPSA) is 74.2 Å². The molecule has 1 aromatic rings. The lowest BCUT2D eigenvalue weighted by Gasteiger charge is -2.12. The van der Waals surface area contributed by atoms with Gasteiger partial charge in [0.25, 0.3) is 0 Å². The van der Waals surface area contributed by atoms with Crippen LogP contribution in [0.3, 0.4) is 0 Å². The Balaban J connectivity index is 1.95. The van der Waals surface area contributed by atoms with Crippen LogP contribution in [0, 0.1) is 0 Å². The number of hydrogen-bond donors (Lipinski definition) is 1. The van der Waals surface area contributed by atoms with E-state index in [0.717, 1.165) is 5.56 Å². The normalized spacial score (nSPS) is 14.5. The van der Waals surface area contributed by atoms with Crippen LogP contribution in [0.25, 0.3) is 0 Å². The number of carboxylic acid groups (broad SMARTS) is 1. The van der Waals surface area contributed by atoms with E-state index in [0.29, 0.717) is 11.5 Å². The number of ether oxygens (including phenoxy) is 4. The summed E-state index contributed by atoms with van der Waals surface area (Å²) in [5.74, 6) is 0.290. The number of rotatable bonds is 6. The highest BCUT2D eigenvalue weighted by atomic mass is 16.7. The molecule has 2 rings (SSSR count). The summed E-state index contributed by atoms with van der Waals surface area (Å²) >= 11 is 0. The molecule has 0 aromatic heterocycles. The van der Waals surface area contributed by atoms with Gasteiger partial charge in [-0.3, -0.25) is 0 Å². The molecule has 1 aromatic carbocycles. The molecule has 1 heterocycles. The van der Waals surface area contributed by atoms with Gasteiger partial charge < -0.3 is 24.1 Å². The summed E-state index contributed by atoms with van der Waals surface area (Å²) in [6.07, 6.45) is -0.972. The van der Waals surface area contributed by atoms with Crippen LogP contribution in [-0.4, -0.2) is 37.7 Å². The van der Waals surface area contributed by atoms with E-state index in [1.807, 2.05) is 0 Å². The predicted octanol–water partition coefficient (Wildman–Crippen LogP) is 1.03. The second-order valence-corrected chi connectivity index (χ2v) is 3.78. The van der Waals surface area contributed by atoms with Crippen LogP contribution in [0.5, 0.6) is 11.5 Å². The molecule has 0 saturated heterocycles. The van der Waals surface area contributed by atoms with Crippen LogP contribution in [-0.2, 0) is 20.9 Å². The zero-order valence-electron chi connectivity index (χ0n) is 9.92. The fourth-order valence-corrected chi connectivity index (χ4v) is 1.57. The van der Waals surface area contributed by atoms with Crippen molar-refractivity contribution in [2.45, 2.75) is 12.7 Å². The van der Waals surface area contributed by atoms with Gasteiger partial charge in [0.2, 0.25) is 6.79 Å². The molecule has 0 aliphatic carbocycles. The van der Waals surface area contributed by atoms with Crippen LogP contribution < -0.4 is 9.47 Å². The van der Waals surface area contributed by atoms with E-state index >= 15 is 0 Å². The summed E-state index contributed by atoms with van der Waals surface area (Å²) in [5.41, 5.74) is 0.821. The highest BCUT2D eigenvalue weighted by molar-refractivity contribution is 5.72. The summed E-state index contributed by atoms with van der Waals surface area (Å²) in [6.45, 7) is 0.401. The molecule has 1 aliphatic heterocycles. The minimum atomic E-state index is -1.04. The average molecular weight is 254 g/mol. The number of aliphatic carboxylic acids is 1. The molecule has 0 spiro atoms. The monoisotopic (exact) mass is 254 g/mol. The number of carboxylic acids is 1. The van der Waals surface area contributed by atoms with Crippen molar-refractivity contribution in [3.05, 3.63) is 23.8 Å². The van der Waals surface area contributed by atoms with Crippen LogP contribution in [0.2, 0.25) is 0 Å². The Morgan fingerprint density at radius 2 is 2.22 bits per heavy atom. The number of methoxy groups -OCH3 is 1. The molecule has 0 bridgehead atoms. The van der Waals surface area contributed by atoms with E-state index in [1.165, 1.54) is 7.11 Å². The molecule has 1 aliphatic rings.